The molecule has 5 heteroatoms. The molecule has 3 rings (SSSR count). The maximum Gasteiger partial charge on any atom is 0.193 e. The van der Waals surface area contributed by atoms with E-state index in [4.69, 9.17) is 5.73 Å². The molecule has 1 aliphatic carbocycles. The van der Waals surface area contributed by atoms with Gasteiger partial charge in [-0.3, -0.25) is 0 Å². The number of nitrogens with two attached hydrogens (primary N) is 1. The molecule has 0 unspecified atom stereocenters. The molecule has 2 aromatic rings. The van der Waals surface area contributed by atoms with Crippen molar-refractivity contribution in [3.63, 3.8) is 0 Å². The minimum absolute atomic E-state index is 0. The summed E-state index contributed by atoms with van der Waals surface area (Å²) in [7, 11) is 0. The zero-order valence-corrected chi connectivity index (χ0v) is 14.5. The van der Waals surface area contributed by atoms with Crippen molar-refractivity contribution >= 4 is 35.6 Å². The highest BCUT2D eigenvalue weighted by Crippen LogP contribution is 2.24. The second-order valence-corrected chi connectivity index (χ2v) is 5.25. The van der Waals surface area contributed by atoms with Crippen LogP contribution in [0.3, 0.4) is 0 Å². The second-order valence-electron chi connectivity index (χ2n) is 5.25. The molecule has 0 saturated carbocycles. The molecule has 3 N–H and O–H groups in total. The van der Waals surface area contributed by atoms with Crippen LogP contribution in [0, 0.1) is 5.82 Å². The van der Waals surface area contributed by atoms with Gasteiger partial charge in [-0.25, -0.2) is 9.38 Å². The summed E-state index contributed by atoms with van der Waals surface area (Å²) in [6, 6.07) is 12.8. The smallest absolute Gasteiger partial charge is 0.193 e. The highest BCUT2D eigenvalue weighted by molar-refractivity contribution is 14.0. The van der Waals surface area contributed by atoms with Crippen molar-refractivity contribution in [2.45, 2.75) is 25.8 Å². The van der Waals surface area contributed by atoms with Crippen molar-refractivity contribution in [3.8, 4) is 0 Å². The van der Waals surface area contributed by atoms with Gasteiger partial charge in [0, 0.05) is 11.3 Å². The Morgan fingerprint density at radius 1 is 1.14 bits per heavy atom. The molecule has 0 radical (unpaired) electrons. The van der Waals surface area contributed by atoms with Gasteiger partial charge in [0.25, 0.3) is 0 Å². The molecular weight excluding hydrogens is 392 g/mol. The zero-order valence-electron chi connectivity index (χ0n) is 12.2. The zero-order chi connectivity index (χ0) is 14.7. The molecule has 0 spiro atoms. The summed E-state index contributed by atoms with van der Waals surface area (Å²) in [6.45, 7) is 0.233. The number of guanidine groups is 1. The predicted molar refractivity (Wildman–Crippen MR) is 99.2 cm³/mol. The number of aliphatic imine (C=N–C) groups is 1. The average Bonchev–Trinajstić information content (AvgIpc) is 2.94. The maximum atomic E-state index is 13.5. The van der Waals surface area contributed by atoms with Crippen LogP contribution in [-0.4, -0.2) is 5.96 Å². The van der Waals surface area contributed by atoms with E-state index in [-0.39, 0.29) is 36.3 Å². The molecule has 3 nitrogen and oxygen atoms in total. The van der Waals surface area contributed by atoms with E-state index in [1.54, 1.807) is 18.2 Å². The van der Waals surface area contributed by atoms with E-state index < -0.39 is 0 Å². The Labute approximate surface area is 146 Å². The van der Waals surface area contributed by atoms with Crippen molar-refractivity contribution in [1.29, 1.82) is 0 Å². The van der Waals surface area contributed by atoms with E-state index in [1.807, 2.05) is 6.07 Å². The van der Waals surface area contributed by atoms with Gasteiger partial charge in [-0.15, -0.1) is 24.0 Å². The summed E-state index contributed by atoms with van der Waals surface area (Å²) >= 11 is 0. The first-order chi connectivity index (χ1) is 10.2. The molecular formula is C17H19FIN3. The molecule has 0 aliphatic heterocycles. The first-order valence-corrected chi connectivity index (χ1v) is 7.14. The van der Waals surface area contributed by atoms with Crippen LogP contribution in [0.1, 0.15) is 23.1 Å². The topological polar surface area (TPSA) is 50.4 Å². The number of hydrogen-bond donors (Lipinski definition) is 2. The number of anilines is 1. The third-order valence-electron chi connectivity index (χ3n) is 3.75. The fourth-order valence-corrected chi connectivity index (χ4v) is 2.63. The average molecular weight is 411 g/mol. The van der Waals surface area contributed by atoms with Gasteiger partial charge in [0.05, 0.1) is 6.54 Å². The van der Waals surface area contributed by atoms with Crippen molar-refractivity contribution in [2.24, 2.45) is 10.7 Å². The predicted octanol–water partition coefficient (Wildman–Crippen LogP) is 3.86. The standard InChI is InChI=1S/C17H18FN3.HI/c18-16-7-2-1-4-14(16)11-20-17(19)21-15-9-8-12-5-3-6-13(12)10-15;/h1-2,4,7-10H,3,5-6,11H2,(H3,19,20,21);1H. The lowest BCUT2D eigenvalue weighted by Gasteiger charge is -2.08. The molecule has 22 heavy (non-hydrogen) atoms. The van der Waals surface area contributed by atoms with E-state index in [0.717, 1.165) is 18.5 Å². The summed E-state index contributed by atoms with van der Waals surface area (Å²) in [5.41, 5.74) is 10.1. The number of rotatable bonds is 3. The van der Waals surface area contributed by atoms with Gasteiger partial charge < -0.3 is 11.1 Å². The number of halogens is 2. The van der Waals surface area contributed by atoms with Crippen molar-refractivity contribution in [2.75, 3.05) is 5.32 Å². The Bertz CT molecular complexity index is 685. The number of hydrogen-bond acceptors (Lipinski definition) is 1. The minimum Gasteiger partial charge on any atom is -0.370 e. The van der Waals surface area contributed by atoms with E-state index >= 15 is 0 Å². The van der Waals surface area contributed by atoms with Crippen LogP contribution < -0.4 is 11.1 Å². The molecule has 0 saturated heterocycles. The molecule has 0 amide bonds. The quantitative estimate of drug-likeness (QED) is 0.458. The van der Waals surface area contributed by atoms with E-state index in [2.05, 4.69) is 22.4 Å². The van der Waals surface area contributed by atoms with Crippen LogP contribution in [0.15, 0.2) is 47.5 Å². The van der Waals surface area contributed by atoms with Gasteiger partial charge in [-0.2, -0.15) is 0 Å². The molecule has 0 aromatic heterocycles. The third kappa shape index (κ3) is 3.97. The molecule has 2 aromatic carbocycles. The molecule has 0 heterocycles. The van der Waals surface area contributed by atoms with E-state index in [0.29, 0.717) is 11.5 Å². The lowest BCUT2D eigenvalue weighted by Crippen LogP contribution is -2.22. The largest absolute Gasteiger partial charge is 0.370 e. The normalized spacial score (nSPS) is 13.4. The summed E-state index contributed by atoms with van der Waals surface area (Å²) in [5, 5.41) is 3.07. The van der Waals surface area contributed by atoms with Crippen molar-refractivity contribution < 1.29 is 4.39 Å². The second kappa shape index (κ2) is 7.58. The Morgan fingerprint density at radius 3 is 2.73 bits per heavy atom. The van der Waals surface area contributed by atoms with Gasteiger partial charge in [-0.05, 0) is 48.6 Å². The van der Waals surface area contributed by atoms with Crippen LogP contribution in [0.25, 0.3) is 0 Å². The van der Waals surface area contributed by atoms with Crippen molar-refractivity contribution in [1.82, 2.24) is 0 Å². The van der Waals surface area contributed by atoms with Gasteiger partial charge in [-0.1, -0.05) is 24.3 Å². The lowest BCUT2D eigenvalue weighted by molar-refractivity contribution is 0.611. The number of benzene rings is 2. The van der Waals surface area contributed by atoms with E-state index in [9.17, 15) is 4.39 Å². The Hall–Kier alpha value is -1.63. The van der Waals surface area contributed by atoms with Gasteiger partial charge in [0.2, 0.25) is 0 Å². The van der Waals surface area contributed by atoms with Gasteiger partial charge >= 0.3 is 0 Å². The highest BCUT2D eigenvalue weighted by Gasteiger charge is 2.10. The van der Waals surface area contributed by atoms with Crippen LogP contribution >= 0.6 is 24.0 Å². The van der Waals surface area contributed by atoms with Crippen molar-refractivity contribution in [3.05, 3.63) is 65.0 Å². The molecule has 0 bridgehead atoms. The monoisotopic (exact) mass is 411 g/mol. The molecule has 1 aliphatic rings. The number of fused-ring (bicyclic) bond motifs is 1. The van der Waals surface area contributed by atoms with Gasteiger partial charge in [0.1, 0.15) is 5.82 Å². The summed E-state index contributed by atoms with van der Waals surface area (Å²) in [4.78, 5) is 4.19. The molecule has 0 fully saturated rings. The first kappa shape index (κ1) is 16.7. The van der Waals surface area contributed by atoms with Gasteiger partial charge in [0.15, 0.2) is 5.96 Å². The van der Waals surface area contributed by atoms with E-state index in [1.165, 1.54) is 23.6 Å². The maximum absolute atomic E-state index is 13.5. The number of nitrogens with zero attached hydrogens (tertiary/aromatic N) is 1. The Balaban J connectivity index is 0.00000176. The first-order valence-electron chi connectivity index (χ1n) is 7.14. The fourth-order valence-electron chi connectivity index (χ4n) is 2.63. The number of nitrogens with one attached hydrogen (secondary N) is 1. The fraction of sp³-hybridized carbons (Fsp3) is 0.235. The summed E-state index contributed by atoms with van der Waals surface area (Å²) in [5.74, 6) is 0.0442. The molecule has 116 valence electrons. The van der Waals surface area contributed by atoms with Crippen LogP contribution in [-0.2, 0) is 19.4 Å². The summed E-state index contributed by atoms with van der Waals surface area (Å²) < 4.78 is 13.5. The number of aryl methyl sites for hydroxylation is 2. The Morgan fingerprint density at radius 2 is 1.91 bits per heavy atom. The highest BCUT2D eigenvalue weighted by atomic mass is 127. The SMILES string of the molecule is I.NC(=NCc1ccccc1F)Nc1ccc2c(c1)CCC2. The molecule has 0 atom stereocenters. The van der Waals surface area contributed by atoms with Crippen LogP contribution in [0.5, 0.6) is 0 Å². The lowest BCUT2D eigenvalue weighted by atomic mass is 10.1. The third-order valence-corrected chi connectivity index (χ3v) is 3.75. The summed E-state index contributed by atoms with van der Waals surface area (Å²) in [6.07, 6.45) is 3.50. The minimum atomic E-state index is -0.258. The Kier molecular flexibility index (Phi) is 5.76. The van der Waals surface area contributed by atoms with Crippen LogP contribution in [0.4, 0.5) is 10.1 Å². The van der Waals surface area contributed by atoms with Crippen LogP contribution in [0.2, 0.25) is 0 Å².